The van der Waals surface area contributed by atoms with Gasteiger partial charge in [-0.15, -0.1) is 0 Å². The molecule has 2 aromatic heterocycles. The number of aromatic nitrogens is 2. The van der Waals surface area contributed by atoms with Gasteiger partial charge in [-0.1, -0.05) is 113 Å². The van der Waals surface area contributed by atoms with Crippen LogP contribution in [0.3, 0.4) is 0 Å². The first-order chi connectivity index (χ1) is 23.7. The molecule has 0 saturated heterocycles. The monoisotopic (exact) mass is 643 g/mol. The molecule has 2 heterocycles. The summed E-state index contributed by atoms with van der Waals surface area (Å²) < 4.78 is 27.6. The molecule has 4 heteroatoms. The molecular formula is C45H40FN2O+. The standard InChI is InChI=1S/C45H40FN2O/c1-27(2)36-24-33(31-16-11-8-12-17-31)25-37(28(3)4)42(36)48-43-38(46)18-13-19-39(43)47(6)45(48)41-29(5)20-22-35-34-23-21-32(26-40(34)49-44(35)41)30-14-9-7-10-15-30/h7-28H,1-6H3/q+1. The average Bonchev–Trinajstić information content (AvgIpc) is 3.63. The second kappa shape index (κ2) is 11.9. The van der Waals surface area contributed by atoms with E-state index in [2.05, 4.69) is 141 Å². The molecule has 0 amide bonds. The Labute approximate surface area is 286 Å². The number of para-hydroxylation sites is 1. The van der Waals surface area contributed by atoms with E-state index in [0.717, 1.165) is 61.2 Å². The third-order valence-electron chi connectivity index (χ3n) is 10.0. The zero-order valence-electron chi connectivity index (χ0n) is 28.9. The lowest BCUT2D eigenvalue weighted by Crippen LogP contribution is -2.30. The van der Waals surface area contributed by atoms with Crippen molar-refractivity contribution >= 4 is 33.0 Å². The minimum Gasteiger partial charge on any atom is -0.455 e. The third-order valence-corrected chi connectivity index (χ3v) is 10.0. The largest absolute Gasteiger partial charge is 0.455 e. The van der Waals surface area contributed by atoms with Crippen molar-refractivity contribution < 1.29 is 13.4 Å². The van der Waals surface area contributed by atoms with Crippen LogP contribution in [0, 0.1) is 12.7 Å². The van der Waals surface area contributed by atoms with Gasteiger partial charge in [-0.05, 0) is 83.0 Å². The molecule has 0 aliphatic rings. The van der Waals surface area contributed by atoms with E-state index < -0.39 is 0 Å². The van der Waals surface area contributed by atoms with E-state index in [-0.39, 0.29) is 17.7 Å². The molecule has 0 atom stereocenters. The Hall–Kier alpha value is -5.48. The van der Waals surface area contributed by atoms with Gasteiger partial charge in [0.25, 0.3) is 5.82 Å². The first kappa shape index (κ1) is 30.8. The second-order valence-electron chi connectivity index (χ2n) is 13.8. The van der Waals surface area contributed by atoms with Crippen LogP contribution in [-0.2, 0) is 7.05 Å². The van der Waals surface area contributed by atoms with Crippen LogP contribution in [0.1, 0.15) is 56.2 Å². The summed E-state index contributed by atoms with van der Waals surface area (Å²) in [6.07, 6.45) is 0. The van der Waals surface area contributed by atoms with E-state index >= 15 is 4.39 Å². The summed E-state index contributed by atoms with van der Waals surface area (Å²) in [6, 6.07) is 41.7. The van der Waals surface area contributed by atoms with Gasteiger partial charge in [-0.2, -0.15) is 4.57 Å². The van der Waals surface area contributed by atoms with Gasteiger partial charge < -0.3 is 4.42 Å². The Balaban J connectivity index is 1.49. The number of hydrogen-bond donors (Lipinski definition) is 0. The van der Waals surface area contributed by atoms with E-state index in [1.54, 1.807) is 12.1 Å². The molecule has 8 aromatic rings. The Morgan fingerprint density at radius 2 is 1.24 bits per heavy atom. The molecule has 0 N–H and O–H groups in total. The highest BCUT2D eigenvalue weighted by atomic mass is 19.1. The summed E-state index contributed by atoms with van der Waals surface area (Å²) in [4.78, 5) is 0. The Bertz CT molecular complexity index is 2490. The van der Waals surface area contributed by atoms with Gasteiger partial charge in [0, 0.05) is 21.9 Å². The van der Waals surface area contributed by atoms with Gasteiger partial charge in [0.15, 0.2) is 16.9 Å². The number of aryl methyl sites for hydroxylation is 2. The molecular weight excluding hydrogens is 604 g/mol. The van der Waals surface area contributed by atoms with E-state index in [0.29, 0.717) is 5.52 Å². The number of halogens is 1. The van der Waals surface area contributed by atoms with E-state index in [9.17, 15) is 0 Å². The smallest absolute Gasteiger partial charge is 0.299 e. The zero-order chi connectivity index (χ0) is 34.0. The number of imidazole rings is 1. The summed E-state index contributed by atoms with van der Waals surface area (Å²) in [5.74, 6) is 0.996. The fourth-order valence-electron chi connectivity index (χ4n) is 7.51. The van der Waals surface area contributed by atoms with Crippen molar-refractivity contribution in [3.05, 3.63) is 144 Å². The topological polar surface area (TPSA) is 21.9 Å². The van der Waals surface area contributed by atoms with E-state index in [1.165, 1.54) is 22.3 Å². The van der Waals surface area contributed by atoms with Gasteiger partial charge in [0.05, 0.1) is 7.05 Å². The van der Waals surface area contributed by atoms with Gasteiger partial charge in [0.2, 0.25) is 5.52 Å². The van der Waals surface area contributed by atoms with Crippen molar-refractivity contribution in [1.82, 2.24) is 4.57 Å². The van der Waals surface area contributed by atoms with Crippen LogP contribution >= 0.6 is 0 Å². The summed E-state index contributed by atoms with van der Waals surface area (Å²) in [5, 5.41) is 2.10. The maximum Gasteiger partial charge on any atom is 0.299 e. The highest BCUT2D eigenvalue weighted by molar-refractivity contribution is 6.10. The highest BCUT2D eigenvalue weighted by Crippen LogP contribution is 2.43. The summed E-state index contributed by atoms with van der Waals surface area (Å²) in [6.45, 7) is 11.1. The molecule has 8 rings (SSSR count). The summed E-state index contributed by atoms with van der Waals surface area (Å²) in [5.41, 5.74) is 13.0. The molecule has 6 aromatic carbocycles. The number of benzene rings is 6. The zero-order valence-corrected chi connectivity index (χ0v) is 28.9. The van der Waals surface area contributed by atoms with Gasteiger partial charge in [0.1, 0.15) is 16.8 Å². The number of nitrogens with zero attached hydrogens (tertiary/aromatic N) is 2. The molecule has 0 radical (unpaired) electrons. The van der Waals surface area contributed by atoms with Crippen LogP contribution in [0.15, 0.2) is 126 Å². The van der Waals surface area contributed by atoms with Crippen LogP contribution in [0.5, 0.6) is 0 Å². The predicted molar refractivity (Wildman–Crippen MR) is 201 cm³/mol. The molecule has 0 aliphatic carbocycles. The minimum atomic E-state index is -0.252. The minimum absolute atomic E-state index is 0.179. The molecule has 0 saturated carbocycles. The maximum atomic E-state index is 16.4. The maximum absolute atomic E-state index is 16.4. The van der Waals surface area contributed by atoms with Crippen molar-refractivity contribution in [2.75, 3.05) is 0 Å². The quantitative estimate of drug-likeness (QED) is 0.165. The van der Waals surface area contributed by atoms with Gasteiger partial charge in [-0.3, -0.25) is 0 Å². The van der Waals surface area contributed by atoms with Crippen molar-refractivity contribution in [1.29, 1.82) is 0 Å². The second-order valence-corrected chi connectivity index (χ2v) is 13.8. The fourth-order valence-corrected chi connectivity index (χ4v) is 7.51. The lowest BCUT2D eigenvalue weighted by molar-refractivity contribution is -0.633. The third kappa shape index (κ3) is 4.97. The Kier molecular flexibility index (Phi) is 7.48. The van der Waals surface area contributed by atoms with Crippen LogP contribution in [0.25, 0.3) is 72.3 Å². The number of fused-ring (bicyclic) bond motifs is 4. The molecule has 242 valence electrons. The van der Waals surface area contributed by atoms with Crippen LogP contribution in [0.4, 0.5) is 4.39 Å². The van der Waals surface area contributed by atoms with E-state index in [1.807, 2.05) is 19.2 Å². The molecule has 0 spiro atoms. The molecule has 49 heavy (non-hydrogen) atoms. The van der Waals surface area contributed by atoms with Crippen LogP contribution in [-0.4, -0.2) is 4.57 Å². The van der Waals surface area contributed by atoms with Crippen LogP contribution < -0.4 is 4.57 Å². The van der Waals surface area contributed by atoms with Crippen LogP contribution in [0.2, 0.25) is 0 Å². The van der Waals surface area contributed by atoms with Crippen molar-refractivity contribution in [3.63, 3.8) is 0 Å². The average molecular weight is 644 g/mol. The number of furan rings is 1. The van der Waals surface area contributed by atoms with Crippen molar-refractivity contribution in [2.45, 2.75) is 46.5 Å². The Morgan fingerprint density at radius 1 is 0.633 bits per heavy atom. The SMILES string of the molecule is Cc1ccc2c(oc3cc(-c4ccccc4)ccc32)c1-c1n(-c2c(C(C)C)cc(-c3ccccc3)cc2C(C)C)c2c(F)cccc2[n+]1C. The van der Waals surface area contributed by atoms with Crippen molar-refractivity contribution in [3.8, 4) is 39.3 Å². The van der Waals surface area contributed by atoms with Crippen molar-refractivity contribution in [2.24, 2.45) is 7.05 Å². The summed E-state index contributed by atoms with van der Waals surface area (Å²) in [7, 11) is 2.05. The first-order valence-corrected chi connectivity index (χ1v) is 17.2. The molecule has 3 nitrogen and oxygen atoms in total. The lowest BCUT2D eigenvalue weighted by Gasteiger charge is -2.21. The Morgan fingerprint density at radius 3 is 1.88 bits per heavy atom. The lowest BCUT2D eigenvalue weighted by atomic mass is 9.88. The predicted octanol–water partition coefficient (Wildman–Crippen LogP) is 12.0. The normalized spacial score (nSPS) is 11.9. The highest BCUT2D eigenvalue weighted by Gasteiger charge is 2.35. The summed E-state index contributed by atoms with van der Waals surface area (Å²) >= 11 is 0. The number of rotatable bonds is 6. The fraction of sp³-hybridized carbons (Fsp3) is 0.178. The molecule has 0 aliphatic heterocycles. The molecule has 0 unspecified atom stereocenters. The first-order valence-electron chi connectivity index (χ1n) is 17.2. The van der Waals surface area contributed by atoms with Gasteiger partial charge >= 0.3 is 0 Å². The molecule has 0 fully saturated rings. The van der Waals surface area contributed by atoms with Gasteiger partial charge in [-0.25, -0.2) is 8.96 Å². The number of hydrogen-bond acceptors (Lipinski definition) is 1. The molecule has 0 bridgehead atoms. The van der Waals surface area contributed by atoms with E-state index in [4.69, 9.17) is 4.42 Å².